The van der Waals surface area contributed by atoms with E-state index in [1.165, 1.54) is 0 Å². The van der Waals surface area contributed by atoms with E-state index in [4.69, 9.17) is 0 Å². The first-order valence-electron chi connectivity index (χ1n) is 8.00. The zero-order valence-corrected chi connectivity index (χ0v) is 13.9. The lowest BCUT2D eigenvalue weighted by Gasteiger charge is -2.37. The molecule has 2 N–H and O–H groups in total. The van der Waals surface area contributed by atoms with Crippen LogP contribution in [0.1, 0.15) is 12.6 Å². The van der Waals surface area contributed by atoms with Crippen molar-refractivity contribution in [2.45, 2.75) is 19.5 Å². The van der Waals surface area contributed by atoms with Gasteiger partial charge in [-0.25, -0.2) is 4.99 Å². The van der Waals surface area contributed by atoms with Crippen LogP contribution in [0.2, 0.25) is 0 Å². The molecule has 1 aliphatic heterocycles. The SMILES string of the molecule is CCNC(=NCc1ccccn1)NCC1CN(C)CCN1C. The van der Waals surface area contributed by atoms with Gasteiger partial charge in [-0.3, -0.25) is 9.88 Å². The maximum absolute atomic E-state index is 4.61. The van der Waals surface area contributed by atoms with Gasteiger partial charge in [0.1, 0.15) is 0 Å². The topological polar surface area (TPSA) is 55.8 Å². The van der Waals surface area contributed by atoms with Crippen molar-refractivity contribution in [3.63, 3.8) is 0 Å². The maximum Gasteiger partial charge on any atom is 0.191 e. The number of piperazine rings is 1. The number of guanidine groups is 1. The van der Waals surface area contributed by atoms with Crippen molar-refractivity contribution in [3.05, 3.63) is 30.1 Å². The summed E-state index contributed by atoms with van der Waals surface area (Å²) >= 11 is 0. The van der Waals surface area contributed by atoms with E-state index in [2.05, 4.69) is 51.4 Å². The summed E-state index contributed by atoms with van der Waals surface area (Å²) in [5.74, 6) is 0.856. The molecule has 0 aromatic carbocycles. The standard InChI is InChI=1S/C16H28N6/c1-4-17-16(19-11-14-7-5-6-8-18-14)20-12-15-13-21(2)9-10-22(15)3/h5-8,15H,4,9-13H2,1-3H3,(H2,17,19,20). The highest BCUT2D eigenvalue weighted by atomic mass is 15.3. The summed E-state index contributed by atoms with van der Waals surface area (Å²) < 4.78 is 0. The Morgan fingerprint density at radius 3 is 2.91 bits per heavy atom. The fourth-order valence-corrected chi connectivity index (χ4v) is 2.53. The first-order chi connectivity index (χ1) is 10.7. The van der Waals surface area contributed by atoms with Gasteiger partial charge >= 0.3 is 0 Å². The van der Waals surface area contributed by atoms with Gasteiger partial charge in [0.2, 0.25) is 0 Å². The van der Waals surface area contributed by atoms with Crippen LogP contribution < -0.4 is 10.6 Å². The monoisotopic (exact) mass is 304 g/mol. The molecule has 1 unspecified atom stereocenters. The Balaban J connectivity index is 1.88. The summed E-state index contributed by atoms with van der Waals surface area (Å²) in [6, 6.07) is 6.42. The Morgan fingerprint density at radius 1 is 1.32 bits per heavy atom. The Labute approximate surface area is 133 Å². The molecule has 122 valence electrons. The summed E-state index contributed by atoms with van der Waals surface area (Å²) in [7, 11) is 4.37. The van der Waals surface area contributed by atoms with Crippen molar-refractivity contribution in [2.75, 3.05) is 46.8 Å². The van der Waals surface area contributed by atoms with Crippen molar-refractivity contribution in [1.29, 1.82) is 0 Å². The lowest BCUT2D eigenvalue weighted by molar-refractivity contribution is 0.116. The fourth-order valence-electron chi connectivity index (χ4n) is 2.53. The molecule has 0 amide bonds. The van der Waals surface area contributed by atoms with Crippen molar-refractivity contribution >= 4 is 5.96 Å². The van der Waals surface area contributed by atoms with Crippen LogP contribution >= 0.6 is 0 Å². The minimum absolute atomic E-state index is 0.512. The van der Waals surface area contributed by atoms with E-state index < -0.39 is 0 Å². The minimum atomic E-state index is 0.512. The summed E-state index contributed by atoms with van der Waals surface area (Å²) in [5.41, 5.74) is 0.981. The predicted molar refractivity (Wildman–Crippen MR) is 91.0 cm³/mol. The van der Waals surface area contributed by atoms with E-state index in [9.17, 15) is 0 Å². The summed E-state index contributed by atoms with van der Waals surface area (Å²) in [5, 5.41) is 6.75. The van der Waals surface area contributed by atoms with E-state index in [0.717, 1.165) is 44.4 Å². The molecule has 1 aromatic rings. The van der Waals surface area contributed by atoms with Crippen molar-refractivity contribution in [1.82, 2.24) is 25.4 Å². The molecule has 0 aliphatic carbocycles. The van der Waals surface area contributed by atoms with E-state index in [1.54, 1.807) is 6.20 Å². The van der Waals surface area contributed by atoms with Crippen LogP contribution in [0.3, 0.4) is 0 Å². The maximum atomic E-state index is 4.61. The Hall–Kier alpha value is -1.66. The minimum Gasteiger partial charge on any atom is -0.357 e. The van der Waals surface area contributed by atoms with Gasteiger partial charge in [-0.2, -0.15) is 0 Å². The van der Waals surface area contributed by atoms with Crippen molar-refractivity contribution in [2.24, 2.45) is 4.99 Å². The highest BCUT2D eigenvalue weighted by molar-refractivity contribution is 5.79. The van der Waals surface area contributed by atoms with Gasteiger partial charge in [0.25, 0.3) is 0 Å². The number of aliphatic imine (C=N–C) groups is 1. The van der Waals surface area contributed by atoms with Crippen molar-refractivity contribution in [3.8, 4) is 0 Å². The zero-order chi connectivity index (χ0) is 15.8. The second kappa shape index (κ2) is 8.70. The number of rotatable bonds is 5. The van der Waals surface area contributed by atoms with Gasteiger partial charge in [0.05, 0.1) is 12.2 Å². The fraction of sp³-hybridized carbons (Fsp3) is 0.625. The van der Waals surface area contributed by atoms with Gasteiger partial charge in [-0.15, -0.1) is 0 Å². The van der Waals surface area contributed by atoms with Gasteiger partial charge in [0.15, 0.2) is 5.96 Å². The molecule has 0 saturated carbocycles. The average molecular weight is 304 g/mol. The quantitative estimate of drug-likeness (QED) is 0.608. The van der Waals surface area contributed by atoms with Crippen LogP contribution in [0.4, 0.5) is 0 Å². The Morgan fingerprint density at radius 2 is 2.18 bits per heavy atom. The number of aromatic nitrogens is 1. The molecular weight excluding hydrogens is 276 g/mol. The molecule has 0 bridgehead atoms. The summed E-state index contributed by atoms with van der Waals surface area (Å²) in [6.07, 6.45) is 1.80. The van der Waals surface area contributed by atoms with E-state index >= 15 is 0 Å². The third kappa shape index (κ3) is 5.27. The number of nitrogens with zero attached hydrogens (tertiary/aromatic N) is 4. The Bertz CT molecular complexity index is 461. The number of pyridine rings is 1. The smallest absolute Gasteiger partial charge is 0.191 e. The van der Waals surface area contributed by atoms with Gasteiger partial charge in [-0.1, -0.05) is 6.07 Å². The summed E-state index contributed by atoms with van der Waals surface area (Å²) in [6.45, 7) is 7.77. The number of likely N-dealkylation sites (N-methyl/N-ethyl adjacent to an activating group) is 2. The lowest BCUT2D eigenvalue weighted by Crippen LogP contribution is -2.55. The van der Waals surface area contributed by atoms with E-state index in [1.807, 2.05) is 18.2 Å². The molecule has 0 spiro atoms. The van der Waals surface area contributed by atoms with E-state index in [-0.39, 0.29) is 0 Å². The largest absolute Gasteiger partial charge is 0.357 e. The van der Waals surface area contributed by atoms with Gasteiger partial charge in [-0.05, 0) is 33.2 Å². The molecule has 1 aromatic heterocycles. The van der Waals surface area contributed by atoms with Gasteiger partial charge < -0.3 is 15.5 Å². The zero-order valence-electron chi connectivity index (χ0n) is 13.9. The lowest BCUT2D eigenvalue weighted by atomic mass is 10.2. The molecule has 6 heteroatoms. The predicted octanol–water partition coefficient (Wildman–Crippen LogP) is 0.383. The molecule has 6 nitrogen and oxygen atoms in total. The second-order valence-corrected chi connectivity index (χ2v) is 5.79. The van der Waals surface area contributed by atoms with E-state index in [0.29, 0.717) is 12.6 Å². The number of nitrogens with one attached hydrogen (secondary N) is 2. The summed E-state index contributed by atoms with van der Waals surface area (Å²) in [4.78, 5) is 13.7. The van der Waals surface area contributed by atoms with Crippen LogP contribution in [-0.4, -0.2) is 73.6 Å². The molecule has 22 heavy (non-hydrogen) atoms. The highest BCUT2D eigenvalue weighted by Crippen LogP contribution is 2.04. The molecule has 0 radical (unpaired) electrons. The molecular formula is C16H28N6. The van der Waals surface area contributed by atoms with Crippen LogP contribution in [0.15, 0.2) is 29.4 Å². The first-order valence-corrected chi connectivity index (χ1v) is 8.00. The number of hydrogen-bond donors (Lipinski definition) is 2. The van der Waals surface area contributed by atoms with Crippen molar-refractivity contribution < 1.29 is 0 Å². The molecule has 1 aliphatic rings. The molecule has 1 saturated heterocycles. The normalized spacial score (nSPS) is 20.9. The van der Waals surface area contributed by atoms with Crippen LogP contribution in [0.25, 0.3) is 0 Å². The molecule has 2 rings (SSSR count). The third-order valence-corrected chi connectivity index (χ3v) is 3.95. The van der Waals surface area contributed by atoms with Crippen LogP contribution in [-0.2, 0) is 6.54 Å². The van der Waals surface area contributed by atoms with Gasteiger partial charge in [0, 0.05) is 45.0 Å². The molecule has 2 heterocycles. The van der Waals surface area contributed by atoms with Crippen LogP contribution in [0, 0.1) is 0 Å². The molecule has 1 fully saturated rings. The first kappa shape index (κ1) is 16.7. The Kier molecular flexibility index (Phi) is 6.61. The number of hydrogen-bond acceptors (Lipinski definition) is 4. The third-order valence-electron chi connectivity index (χ3n) is 3.95. The second-order valence-electron chi connectivity index (χ2n) is 5.79. The van der Waals surface area contributed by atoms with Crippen LogP contribution in [0.5, 0.6) is 0 Å². The highest BCUT2D eigenvalue weighted by Gasteiger charge is 2.21. The molecule has 1 atom stereocenters. The average Bonchev–Trinajstić information content (AvgIpc) is 2.54.